The summed E-state index contributed by atoms with van der Waals surface area (Å²) < 4.78 is 3.00. The molecule has 1 amide bonds. The molecule has 4 nitrogen and oxygen atoms in total. The number of fused-ring (bicyclic) bond motifs is 1. The standard InChI is InChI=1S/C20H16ClN3OS/c1-24-11-10-22-19(24)18(13-6-8-15(21)9-7-13)23-20(25)17-12-14-4-2-3-5-16(14)26-17/h2-12,18H,1H3,(H,23,25). The maximum atomic E-state index is 12.9. The number of aromatic nitrogens is 2. The Balaban J connectivity index is 1.69. The van der Waals surface area contributed by atoms with Crippen LogP contribution in [0, 0.1) is 0 Å². The molecule has 0 aliphatic heterocycles. The highest BCUT2D eigenvalue weighted by Gasteiger charge is 2.22. The van der Waals surface area contributed by atoms with Gasteiger partial charge in [0.15, 0.2) is 0 Å². The molecule has 0 saturated carbocycles. The molecule has 2 heterocycles. The first-order valence-corrected chi connectivity index (χ1v) is 9.33. The molecule has 0 radical (unpaired) electrons. The van der Waals surface area contributed by atoms with Crippen molar-refractivity contribution < 1.29 is 4.79 Å². The summed E-state index contributed by atoms with van der Waals surface area (Å²) >= 11 is 7.50. The van der Waals surface area contributed by atoms with Crippen LogP contribution in [0.5, 0.6) is 0 Å². The van der Waals surface area contributed by atoms with E-state index in [1.165, 1.54) is 11.3 Å². The van der Waals surface area contributed by atoms with Crippen molar-refractivity contribution in [2.24, 2.45) is 7.05 Å². The van der Waals surface area contributed by atoms with Crippen LogP contribution in [0.4, 0.5) is 0 Å². The fourth-order valence-electron chi connectivity index (χ4n) is 2.90. The molecule has 0 fully saturated rings. The van der Waals surface area contributed by atoms with Crippen LogP contribution in [-0.4, -0.2) is 15.5 Å². The topological polar surface area (TPSA) is 46.9 Å². The summed E-state index contributed by atoms with van der Waals surface area (Å²) in [5, 5.41) is 4.85. The molecule has 4 aromatic rings. The minimum Gasteiger partial charge on any atom is -0.337 e. The molecule has 0 aliphatic carbocycles. The van der Waals surface area contributed by atoms with Crippen LogP contribution in [0.2, 0.25) is 5.02 Å². The van der Waals surface area contributed by atoms with Gasteiger partial charge in [-0.05, 0) is 35.2 Å². The third kappa shape index (κ3) is 3.23. The number of thiophene rings is 1. The summed E-state index contributed by atoms with van der Waals surface area (Å²) in [4.78, 5) is 18.0. The van der Waals surface area contributed by atoms with Crippen LogP contribution in [0.25, 0.3) is 10.1 Å². The molecule has 0 saturated heterocycles. The first kappa shape index (κ1) is 16.8. The van der Waals surface area contributed by atoms with Gasteiger partial charge in [0.1, 0.15) is 11.9 Å². The molecular formula is C20H16ClN3OS. The molecule has 6 heteroatoms. The number of rotatable bonds is 4. The highest BCUT2D eigenvalue weighted by Crippen LogP contribution is 2.27. The normalized spacial score (nSPS) is 12.2. The lowest BCUT2D eigenvalue weighted by Gasteiger charge is -2.19. The van der Waals surface area contributed by atoms with Gasteiger partial charge in [0.05, 0.1) is 4.88 Å². The second-order valence-corrected chi connectivity index (χ2v) is 7.52. The number of carbonyl (C=O) groups excluding carboxylic acids is 1. The van der Waals surface area contributed by atoms with E-state index >= 15 is 0 Å². The van der Waals surface area contributed by atoms with Crippen LogP contribution in [-0.2, 0) is 7.05 Å². The van der Waals surface area contributed by atoms with E-state index in [-0.39, 0.29) is 11.9 Å². The third-order valence-electron chi connectivity index (χ3n) is 4.24. The number of benzene rings is 2. The predicted octanol–water partition coefficient (Wildman–Crippen LogP) is 4.81. The number of hydrogen-bond donors (Lipinski definition) is 1. The van der Waals surface area contributed by atoms with Crippen LogP contribution in [0.15, 0.2) is 67.0 Å². The van der Waals surface area contributed by atoms with Gasteiger partial charge in [-0.15, -0.1) is 11.3 Å². The molecule has 1 atom stereocenters. The molecule has 2 aromatic carbocycles. The Morgan fingerprint density at radius 3 is 2.65 bits per heavy atom. The van der Waals surface area contributed by atoms with E-state index < -0.39 is 0 Å². The fourth-order valence-corrected chi connectivity index (χ4v) is 4.00. The van der Waals surface area contributed by atoms with E-state index in [2.05, 4.69) is 10.3 Å². The second kappa shape index (κ2) is 6.94. The lowest BCUT2D eigenvalue weighted by Crippen LogP contribution is -2.30. The Hall–Kier alpha value is -2.63. The zero-order valence-electron chi connectivity index (χ0n) is 14.0. The quantitative estimate of drug-likeness (QED) is 0.551. The molecule has 4 rings (SSSR count). The van der Waals surface area contributed by atoms with Crippen molar-refractivity contribution in [3.63, 3.8) is 0 Å². The number of carbonyl (C=O) groups is 1. The van der Waals surface area contributed by atoms with Crippen molar-refractivity contribution in [2.45, 2.75) is 6.04 Å². The number of halogens is 1. The van der Waals surface area contributed by atoms with Crippen LogP contribution in [0.1, 0.15) is 27.1 Å². The van der Waals surface area contributed by atoms with E-state index in [0.29, 0.717) is 9.90 Å². The highest BCUT2D eigenvalue weighted by atomic mass is 35.5. The number of aryl methyl sites for hydroxylation is 1. The molecule has 2 aromatic heterocycles. The van der Waals surface area contributed by atoms with Crippen LogP contribution < -0.4 is 5.32 Å². The molecule has 0 bridgehead atoms. The van der Waals surface area contributed by atoms with Gasteiger partial charge in [0.2, 0.25) is 0 Å². The first-order chi connectivity index (χ1) is 12.6. The van der Waals surface area contributed by atoms with Gasteiger partial charge in [0.25, 0.3) is 5.91 Å². The number of nitrogens with zero attached hydrogens (tertiary/aromatic N) is 2. The highest BCUT2D eigenvalue weighted by molar-refractivity contribution is 7.20. The molecule has 130 valence electrons. The number of amides is 1. The second-order valence-electron chi connectivity index (χ2n) is 6.00. The number of imidazole rings is 1. The van der Waals surface area contributed by atoms with E-state index in [0.717, 1.165) is 21.5 Å². The Bertz CT molecular complexity index is 1040. The molecule has 0 aliphatic rings. The van der Waals surface area contributed by atoms with Gasteiger partial charge >= 0.3 is 0 Å². The number of hydrogen-bond acceptors (Lipinski definition) is 3. The summed E-state index contributed by atoms with van der Waals surface area (Å²) in [6.45, 7) is 0. The Labute approximate surface area is 160 Å². The maximum Gasteiger partial charge on any atom is 0.262 e. The fraction of sp³-hybridized carbons (Fsp3) is 0.100. The molecule has 1 unspecified atom stereocenters. The van der Waals surface area contributed by atoms with Crippen LogP contribution >= 0.6 is 22.9 Å². The van der Waals surface area contributed by atoms with E-state index in [1.807, 2.05) is 72.4 Å². The maximum absolute atomic E-state index is 12.9. The smallest absolute Gasteiger partial charge is 0.262 e. The Kier molecular flexibility index (Phi) is 4.49. The van der Waals surface area contributed by atoms with E-state index in [1.54, 1.807) is 6.20 Å². The summed E-state index contributed by atoms with van der Waals surface area (Å²) in [5.74, 6) is 0.649. The lowest BCUT2D eigenvalue weighted by atomic mass is 10.1. The third-order valence-corrected chi connectivity index (χ3v) is 5.61. The predicted molar refractivity (Wildman–Crippen MR) is 106 cm³/mol. The summed E-state index contributed by atoms with van der Waals surface area (Å²) in [7, 11) is 1.91. The zero-order chi connectivity index (χ0) is 18.1. The largest absolute Gasteiger partial charge is 0.337 e. The summed E-state index contributed by atoms with van der Waals surface area (Å²) in [6.07, 6.45) is 3.59. The minimum atomic E-state index is -0.357. The van der Waals surface area contributed by atoms with Crippen molar-refractivity contribution in [3.05, 3.63) is 88.3 Å². The van der Waals surface area contributed by atoms with Crippen molar-refractivity contribution in [3.8, 4) is 0 Å². The average molecular weight is 382 g/mol. The lowest BCUT2D eigenvalue weighted by molar-refractivity contribution is 0.0945. The SMILES string of the molecule is Cn1ccnc1C(NC(=O)c1cc2ccccc2s1)c1ccc(Cl)cc1. The minimum absolute atomic E-state index is 0.117. The summed E-state index contributed by atoms with van der Waals surface area (Å²) in [6, 6.07) is 17.0. The molecular weight excluding hydrogens is 366 g/mol. The zero-order valence-corrected chi connectivity index (χ0v) is 15.6. The van der Waals surface area contributed by atoms with Gasteiger partial charge in [-0.25, -0.2) is 4.98 Å². The number of nitrogens with one attached hydrogen (secondary N) is 1. The van der Waals surface area contributed by atoms with Crippen LogP contribution in [0.3, 0.4) is 0 Å². The Morgan fingerprint density at radius 1 is 1.19 bits per heavy atom. The van der Waals surface area contributed by atoms with E-state index in [4.69, 9.17) is 11.6 Å². The molecule has 1 N–H and O–H groups in total. The van der Waals surface area contributed by atoms with Gasteiger partial charge in [-0.3, -0.25) is 4.79 Å². The summed E-state index contributed by atoms with van der Waals surface area (Å²) in [5.41, 5.74) is 0.929. The monoisotopic (exact) mass is 381 g/mol. The molecule has 0 spiro atoms. The van der Waals surface area contributed by atoms with Gasteiger partial charge < -0.3 is 9.88 Å². The van der Waals surface area contributed by atoms with Crippen molar-refractivity contribution in [1.82, 2.24) is 14.9 Å². The van der Waals surface area contributed by atoms with Crippen molar-refractivity contribution >= 4 is 38.9 Å². The van der Waals surface area contributed by atoms with Gasteiger partial charge in [-0.2, -0.15) is 0 Å². The van der Waals surface area contributed by atoms with Crippen molar-refractivity contribution in [1.29, 1.82) is 0 Å². The van der Waals surface area contributed by atoms with Gasteiger partial charge in [0, 0.05) is 29.2 Å². The van der Waals surface area contributed by atoms with Crippen molar-refractivity contribution in [2.75, 3.05) is 0 Å². The first-order valence-electron chi connectivity index (χ1n) is 8.14. The van der Waals surface area contributed by atoms with Gasteiger partial charge in [-0.1, -0.05) is 41.9 Å². The van der Waals surface area contributed by atoms with E-state index in [9.17, 15) is 4.79 Å². The average Bonchev–Trinajstić information content (AvgIpc) is 3.26. The molecule has 26 heavy (non-hydrogen) atoms. The Morgan fingerprint density at radius 2 is 1.96 bits per heavy atom.